The van der Waals surface area contributed by atoms with Crippen LogP contribution in [0.4, 0.5) is 8.78 Å². The molecule has 0 aliphatic rings. The largest absolute Gasteiger partial charge is 0.460 e. The number of sulfone groups is 1. The van der Waals surface area contributed by atoms with Crippen LogP contribution in [0.1, 0.15) is 50.1 Å². The summed E-state index contributed by atoms with van der Waals surface area (Å²) in [5.74, 6) is -2.97. The van der Waals surface area contributed by atoms with Crippen molar-refractivity contribution in [3.8, 4) is 22.3 Å². The van der Waals surface area contributed by atoms with Gasteiger partial charge in [0.1, 0.15) is 17.2 Å². The number of halogens is 3. The number of fused-ring (bicyclic) bond motifs is 1. The van der Waals surface area contributed by atoms with Crippen molar-refractivity contribution in [2.75, 3.05) is 6.26 Å². The van der Waals surface area contributed by atoms with Crippen LogP contribution in [0.15, 0.2) is 67.1 Å². The molecule has 12 heteroatoms. The molecule has 0 saturated carbocycles. The number of hydrogen-bond donors (Lipinski definition) is 0. The molecule has 3 aromatic heterocycles. The molecule has 0 N–H and O–H groups in total. The highest BCUT2D eigenvalue weighted by atomic mass is 35.5. The lowest BCUT2D eigenvalue weighted by molar-refractivity contribution is -0.155. The quantitative estimate of drug-likeness (QED) is 0.153. The SMILES string of the molecule is Cn1nc(CS(C)(=O)=O)c2c(Cl)ccc(-c3cc(-c4cccnc4)cnc3[C@@H](CC(=O)OC(C)(C)C)Cc3cc(F)cc(F)c3)c21. The number of aryl methyl sites for hydroxylation is 1. The third kappa shape index (κ3) is 7.76. The number of carbonyl (C=O) groups excluding carboxylic acids is 1. The second kappa shape index (κ2) is 12.9. The van der Waals surface area contributed by atoms with Gasteiger partial charge in [0.25, 0.3) is 0 Å². The molecule has 0 aliphatic carbocycles. The van der Waals surface area contributed by atoms with Gasteiger partial charge in [0.2, 0.25) is 0 Å². The first kappa shape index (κ1) is 33.2. The first-order chi connectivity index (χ1) is 21.6. The Morgan fingerprint density at radius 1 is 1.02 bits per heavy atom. The number of aromatic nitrogens is 4. The summed E-state index contributed by atoms with van der Waals surface area (Å²) in [6.07, 6.45) is 6.07. The second-order valence-corrected chi connectivity index (χ2v) is 14.9. The van der Waals surface area contributed by atoms with Gasteiger partial charge in [-0.2, -0.15) is 5.10 Å². The fraction of sp³-hybridized carbons (Fsp3) is 0.294. The topological polar surface area (TPSA) is 104 Å². The average Bonchev–Trinajstić information content (AvgIpc) is 3.26. The van der Waals surface area contributed by atoms with Gasteiger partial charge in [-0.3, -0.25) is 19.4 Å². The Bertz CT molecular complexity index is 2020. The van der Waals surface area contributed by atoms with E-state index in [1.165, 1.54) is 12.1 Å². The van der Waals surface area contributed by atoms with E-state index in [2.05, 4.69) is 10.1 Å². The number of carbonyl (C=O) groups is 1. The first-order valence-electron chi connectivity index (χ1n) is 14.5. The molecular formula is C34H33ClF2N4O4S. The Balaban J connectivity index is 1.77. The van der Waals surface area contributed by atoms with Gasteiger partial charge < -0.3 is 4.74 Å². The summed E-state index contributed by atoms with van der Waals surface area (Å²) in [6.45, 7) is 5.28. The summed E-state index contributed by atoms with van der Waals surface area (Å²) in [5.41, 5.74) is 3.64. The van der Waals surface area contributed by atoms with Gasteiger partial charge in [0.05, 0.1) is 34.1 Å². The number of esters is 1. The maximum Gasteiger partial charge on any atom is 0.306 e. The van der Waals surface area contributed by atoms with E-state index in [0.29, 0.717) is 44.0 Å². The number of pyridine rings is 2. The molecule has 2 aromatic carbocycles. The maximum atomic E-state index is 14.3. The van der Waals surface area contributed by atoms with Crippen molar-refractivity contribution in [3.63, 3.8) is 0 Å². The molecule has 5 aromatic rings. The molecule has 0 aliphatic heterocycles. The Labute approximate surface area is 271 Å². The van der Waals surface area contributed by atoms with Crippen LogP contribution < -0.4 is 0 Å². The molecule has 0 radical (unpaired) electrons. The zero-order valence-electron chi connectivity index (χ0n) is 26.0. The lowest BCUT2D eigenvalue weighted by atomic mass is 9.86. The van der Waals surface area contributed by atoms with Crippen LogP contribution >= 0.6 is 11.6 Å². The van der Waals surface area contributed by atoms with Crippen molar-refractivity contribution in [2.45, 2.75) is 50.9 Å². The molecule has 0 unspecified atom stereocenters. The first-order valence-corrected chi connectivity index (χ1v) is 16.9. The van der Waals surface area contributed by atoms with Gasteiger partial charge in [-0.1, -0.05) is 23.7 Å². The predicted octanol–water partition coefficient (Wildman–Crippen LogP) is 7.23. The molecule has 5 rings (SSSR count). The van der Waals surface area contributed by atoms with Crippen molar-refractivity contribution in [1.29, 1.82) is 0 Å². The van der Waals surface area contributed by atoms with Crippen LogP contribution in [-0.4, -0.2) is 46.0 Å². The smallest absolute Gasteiger partial charge is 0.306 e. The zero-order chi connectivity index (χ0) is 33.4. The minimum Gasteiger partial charge on any atom is -0.460 e. The summed E-state index contributed by atoms with van der Waals surface area (Å²) < 4.78 is 60.4. The van der Waals surface area contributed by atoms with Crippen molar-refractivity contribution < 1.29 is 26.7 Å². The highest BCUT2D eigenvalue weighted by Crippen LogP contribution is 2.41. The van der Waals surface area contributed by atoms with Gasteiger partial charge in [-0.15, -0.1) is 0 Å². The molecule has 1 atom stereocenters. The summed E-state index contributed by atoms with van der Waals surface area (Å²) in [4.78, 5) is 22.4. The number of ether oxygens (including phenoxy) is 1. The van der Waals surface area contributed by atoms with Gasteiger partial charge >= 0.3 is 5.97 Å². The molecule has 0 bridgehead atoms. The van der Waals surface area contributed by atoms with Crippen LogP contribution in [0, 0.1) is 11.6 Å². The lowest BCUT2D eigenvalue weighted by Gasteiger charge is -2.24. The summed E-state index contributed by atoms with van der Waals surface area (Å²) in [7, 11) is -1.76. The number of benzene rings is 2. The van der Waals surface area contributed by atoms with Crippen LogP contribution in [-0.2, 0) is 38.6 Å². The Morgan fingerprint density at radius 3 is 2.37 bits per heavy atom. The molecule has 0 amide bonds. The molecule has 0 fully saturated rings. The van der Waals surface area contributed by atoms with Crippen LogP contribution in [0.3, 0.4) is 0 Å². The van der Waals surface area contributed by atoms with E-state index in [1.807, 2.05) is 12.1 Å². The second-order valence-electron chi connectivity index (χ2n) is 12.3. The molecule has 240 valence electrons. The summed E-state index contributed by atoms with van der Waals surface area (Å²) in [6, 6.07) is 12.3. The fourth-order valence-corrected chi connectivity index (χ4v) is 6.56. The van der Waals surface area contributed by atoms with E-state index in [1.54, 1.807) is 69.3 Å². The zero-order valence-corrected chi connectivity index (χ0v) is 27.6. The highest BCUT2D eigenvalue weighted by molar-refractivity contribution is 7.89. The third-order valence-electron chi connectivity index (χ3n) is 7.24. The normalized spacial score (nSPS) is 12.8. The number of rotatable bonds is 9. The van der Waals surface area contributed by atoms with E-state index < -0.39 is 39.0 Å². The Kier molecular flexibility index (Phi) is 9.28. The minimum absolute atomic E-state index is 0.0710. The van der Waals surface area contributed by atoms with Gasteiger partial charge in [-0.25, -0.2) is 17.2 Å². The molecule has 46 heavy (non-hydrogen) atoms. The lowest BCUT2D eigenvalue weighted by Crippen LogP contribution is -2.25. The van der Waals surface area contributed by atoms with Crippen LogP contribution in [0.25, 0.3) is 33.2 Å². The van der Waals surface area contributed by atoms with Gasteiger partial charge in [-0.05, 0) is 63.1 Å². The van der Waals surface area contributed by atoms with E-state index in [-0.39, 0.29) is 18.6 Å². The minimum atomic E-state index is -3.45. The number of hydrogen-bond acceptors (Lipinski definition) is 7. The summed E-state index contributed by atoms with van der Waals surface area (Å²) in [5, 5.41) is 5.31. The monoisotopic (exact) mass is 666 g/mol. The van der Waals surface area contributed by atoms with E-state index in [0.717, 1.165) is 23.4 Å². The van der Waals surface area contributed by atoms with Gasteiger partial charge in [0, 0.05) is 71.5 Å². The number of nitrogens with zero attached hydrogens (tertiary/aromatic N) is 4. The van der Waals surface area contributed by atoms with E-state index in [4.69, 9.17) is 21.3 Å². The molecular weight excluding hydrogens is 634 g/mol. The third-order valence-corrected chi connectivity index (χ3v) is 8.35. The molecule has 8 nitrogen and oxygen atoms in total. The Hall–Kier alpha value is -4.22. The van der Waals surface area contributed by atoms with Crippen LogP contribution in [0.5, 0.6) is 0 Å². The molecule has 3 heterocycles. The Morgan fingerprint density at radius 2 is 1.74 bits per heavy atom. The fourth-order valence-electron chi connectivity index (χ4n) is 5.60. The van der Waals surface area contributed by atoms with Crippen LogP contribution in [0.2, 0.25) is 5.02 Å². The van der Waals surface area contributed by atoms with Crippen molar-refractivity contribution in [1.82, 2.24) is 19.7 Å². The molecule has 0 spiro atoms. The average molecular weight is 667 g/mol. The standard InChI is InChI=1S/C34H33ClF2N4O4S/c1-34(2,3)45-30(42)15-22(11-20-12-24(36)16-25(37)13-20)32-27(14-23(18-39-32)21-7-6-10-38-17-21)26-8-9-28(35)31-29(19-46(5,43)44)40-41(4)33(26)31/h6-10,12-14,16-18,22H,11,15,19H2,1-5H3/t22-/m1/s1. The van der Waals surface area contributed by atoms with Gasteiger partial charge in [0.15, 0.2) is 9.84 Å². The highest BCUT2D eigenvalue weighted by Gasteiger charge is 2.28. The predicted molar refractivity (Wildman–Crippen MR) is 174 cm³/mol. The van der Waals surface area contributed by atoms with Crippen molar-refractivity contribution in [2.24, 2.45) is 7.05 Å². The van der Waals surface area contributed by atoms with Crippen molar-refractivity contribution in [3.05, 3.63) is 101 Å². The van der Waals surface area contributed by atoms with Crippen molar-refractivity contribution >= 4 is 38.3 Å². The maximum absolute atomic E-state index is 14.3. The summed E-state index contributed by atoms with van der Waals surface area (Å²) >= 11 is 6.66. The van der Waals surface area contributed by atoms with E-state index >= 15 is 0 Å². The molecule has 0 saturated heterocycles. The van der Waals surface area contributed by atoms with E-state index in [9.17, 15) is 22.0 Å².